The van der Waals surface area contributed by atoms with Crippen molar-refractivity contribution in [3.05, 3.63) is 59.9 Å². The highest BCUT2D eigenvalue weighted by Crippen LogP contribution is 2.29. The van der Waals surface area contributed by atoms with E-state index in [2.05, 4.69) is 44.8 Å². The normalized spacial score (nSPS) is 16.7. The van der Waals surface area contributed by atoms with Gasteiger partial charge < -0.3 is 10.6 Å². The van der Waals surface area contributed by atoms with Crippen LogP contribution in [-0.4, -0.2) is 42.0 Å². The van der Waals surface area contributed by atoms with E-state index in [-0.39, 0.29) is 11.9 Å². The highest BCUT2D eigenvalue weighted by molar-refractivity contribution is 5.88. The SMILES string of the molecule is CC(=O)Nc1ccc(C(c2ccncc2)N2CCNCC2)cc1. The molecule has 5 heteroatoms. The second-order valence-corrected chi connectivity index (χ2v) is 5.77. The van der Waals surface area contributed by atoms with Crippen molar-refractivity contribution in [2.75, 3.05) is 31.5 Å². The van der Waals surface area contributed by atoms with Crippen LogP contribution in [0.25, 0.3) is 0 Å². The summed E-state index contributed by atoms with van der Waals surface area (Å²) < 4.78 is 0. The van der Waals surface area contributed by atoms with Crippen molar-refractivity contribution in [3.63, 3.8) is 0 Å². The Balaban J connectivity index is 1.89. The predicted octanol–water partition coefficient (Wildman–Crippen LogP) is 2.03. The van der Waals surface area contributed by atoms with Crippen LogP contribution in [0.5, 0.6) is 0 Å². The summed E-state index contributed by atoms with van der Waals surface area (Å²) >= 11 is 0. The summed E-state index contributed by atoms with van der Waals surface area (Å²) in [5.74, 6) is -0.0504. The molecule has 0 radical (unpaired) electrons. The zero-order valence-corrected chi connectivity index (χ0v) is 13.3. The molecule has 3 rings (SSSR count). The first kappa shape index (κ1) is 15.6. The van der Waals surface area contributed by atoms with Gasteiger partial charge in [0, 0.05) is 51.2 Å². The minimum absolute atomic E-state index is 0.0504. The molecule has 1 aromatic heterocycles. The number of anilines is 1. The summed E-state index contributed by atoms with van der Waals surface area (Å²) in [5.41, 5.74) is 3.30. The van der Waals surface area contributed by atoms with E-state index in [9.17, 15) is 4.79 Å². The van der Waals surface area contributed by atoms with Gasteiger partial charge in [-0.15, -0.1) is 0 Å². The van der Waals surface area contributed by atoms with Crippen LogP contribution in [0.15, 0.2) is 48.8 Å². The zero-order chi connectivity index (χ0) is 16.1. The number of amides is 1. The molecule has 0 bridgehead atoms. The monoisotopic (exact) mass is 310 g/mol. The van der Waals surface area contributed by atoms with Crippen molar-refractivity contribution in [1.82, 2.24) is 15.2 Å². The molecule has 0 spiro atoms. The molecule has 1 fully saturated rings. The van der Waals surface area contributed by atoms with E-state index in [4.69, 9.17) is 0 Å². The van der Waals surface area contributed by atoms with Gasteiger partial charge in [-0.05, 0) is 35.4 Å². The van der Waals surface area contributed by atoms with Gasteiger partial charge in [-0.3, -0.25) is 14.7 Å². The Kier molecular flexibility index (Phi) is 5.00. The van der Waals surface area contributed by atoms with Crippen LogP contribution in [0, 0.1) is 0 Å². The third-order valence-electron chi connectivity index (χ3n) is 4.09. The van der Waals surface area contributed by atoms with Crippen molar-refractivity contribution >= 4 is 11.6 Å². The summed E-state index contributed by atoms with van der Waals surface area (Å²) in [7, 11) is 0. The number of carbonyl (C=O) groups excluding carboxylic acids is 1. The Morgan fingerprint density at radius 3 is 2.30 bits per heavy atom. The summed E-state index contributed by atoms with van der Waals surface area (Å²) in [6, 6.07) is 12.5. The minimum Gasteiger partial charge on any atom is -0.326 e. The number of nitrogens with zero attached hydrogens (tertiary/aromatic N) is 2. The van der Waals surface area contributed by atoms with E-state index in [1.165, 1.54) is 18.1 Å². The van der Waals surface area contributed by atoms with E-state index < -0.39 is 0 Å². The predicted molar refractivity (Wildman–Crippen MR) is 91.3 cm³/mol. The molecule has 0 saturated carbocycles. The van der Waals surface area contributed by atoms with E-state index >= 15 is 0 Å². The fourth-order valence-corrected chi connectivity index (χ4v) is 3.05. The van der Waals surface area contributed by atoms with Crippen LogP contribution < -0.4 is 10.6 Å². The number of pyridine rings is 1. The van der Waals surface area contributed by atoms with E-state index in [1.807, 2.05) is 24.5 Å². The Morgan fingerprint density at radius 1 is 1.09 bits per heavy atom. The van der Waals surface area contributed by atoms with Gasteiger partial charge in [0.2, 0.25) is 5.91 Å². The molecule has 1 saturated heterocycles. The number of rotatable bonds is 4. The molecule has 1 amide bonds. The van der Waals surface area contributed by atoms with Crippen molar-refractivity contribution in [2.24, 2.45) is 0 Å². The molecule has 1 atom stereocenters. The molecular formula is C18H22N4O. The summed E-state index contributed by atoms with van der Waals surface area (Å²) in [6.45, 7) is 5.56. The molecule has 1 aromatic carbocycles. The van der Waals surface area contributed by atoms with E-state index in [1.54, 1.807) is 0 Å². The fourth-order valence-electron chi connectivity index (χ4n) is 3.05. The maximum Gasteiger partial charge on any atom is 0.221 e. The molecule has 2 N–H and O–H groups in total. The van der Waals surface area contributed by atoms with Crippen molar-refractivity contribution in [3.8, 4) is 0 Å². The number of hydrogen-bond acceptors (Lipinski definition) is 4. The third-order valence-corrected chi connectivity index (χ3v) is 4.09. The number of piperazine rings is 1. The summed E-state index contributed by atoms with van der Waals surface area (Å²) in [6.07, 6.45) is 3.69. The Hall–Kier alpha value is -2.24. The lowest BCUT2D eigenvalue weighted by Crippen LogP contribution is -2.45. The standard InChI is InChI=1S/C18H22N4O/c1-14(23)21-17-4-2-15(3-5-17)18(16-6-8-19-9-7-16)22-12-10-20-11-13-22/h2-9,18,20H,10-13H2,1H3,(H,21,23). The summed E-state index contributed by atoms with van der Waals surface area (Å²) in [4.78, 5) is 17.8. The fraction of sp³-hybridized carbons (Fsp3) is 0.333. The van der Waals surface area contributed by atoms with Crippen LogP contribution in [0.3, 0.4) is 0 Å². The topological polar surface area (TPSA) is 57.3 Å². The number of nitrogens with one attached hydrogen (secondary N) is 2. The zero-order valence-electron chi connectivity index (χ0n) is 13.3. The number of benzene rings is 1. The van der Waals surface area contributed by atoms with Gasteiger partial charge in [-0.1, -0.05) is 12.1 Å². The van der Waals surface area contributed by atoms with Crippen LogP contribution >= 0.6 is 0 Å². The lowest BCUT2D eigenvalue weighted by atomic mass is 9.97. The van der Waals surface area contributed by atoms with Gasteiger partial charge in [-0.2, -0.15) is 0 Å². The highest BCUT2D eigenvalue weighted by Gasteiger charge is 2.23. The largest absolute Gasteiger partial charge is 0.326 e. The molecule has 0 aliphatic carbocycles. The van der Waals surface area contributed by atoms with Crippen LogP contribution in [0.2, 0.25) is 0 Å². The lowest BCUT2D eigenvalue weighted by molar-refractivity contribution is -0.114. The number of hydrogen-bond donors (Lipinski definition) is 2. The van der Waals surface area contributed by atoms with Gasteiger partial charge in [-0.25, -0.2) is 0 Å². The second-order valence-electron chi connectivity index (χ2n) is 5.77. The maximum absolute atomic E-state index is 11.2. The van der Waals surface area contributed by atoms with Gasteiger partial charge in [0.05, 0.1) is 6.04 Å². The van der Waals surface area contributed by atoms with Crippen molar-refractivity contribution in [1.29, 1.82) is 0 Å². The molecule has 2 heterocycles. The lowest BCUT2D eigenvalue weighted by Gasteiger charge is -2.35. The molecule has 2 aromatic rings. The van der Waals surface area contributed by atoms with Gasteiger partial charge >= 0.3 is 0 Å². The first-order valence-corrected chi connectivity index (χ1v) is 7.96. The maximum atomic E-state index is 11.2. The average Bonchev–Trinajstić information content (AvgIpc) is 2.58. The average molecular weight is 310 g/mol. The van der Waals surface area contributed by atoms with E-state index in [0.717, 1.165) is 31.9 Å². The first-order chi connectivity index (χ1) is 11.2. The molecule has 120 valence electrons. The van der Waals surface area contributed by atoms with E-state index in [0.29, 0.717) is 0 Å². The van der Waals surface area contributed by atoms with Crippen molar-refractivity contribution < 1.29 is 4.79 Å². The molecule has 1 unspecified atom stereocenters. The smallest absolute Gasteiger partial charge is 0.221 e. The Morgan fingerprint density at radius 2 is 1.70 bits per heavy atom. The summed E-state index contributed by atoms with van der Waals surface area (Å²) in [5, 5.41) is 6.22. The van der Waals surface area contributed by atoms with Gasteiger partial charge in [0.1, 0.15) is 0 Å². The van der Waals surface area contributed by atoms with Gasteiger partial charge in [0.15, 0.2) is 0 Å². The molecule has 1 aliphatic rings. The van der Waals surface area contributed by atoms with Crippen LogP contribution in [0.1, 0.15) is 24.1 Å². The minimum atomic E-state index is -0.0504. The van der Waals surface area contributed by atoms with Crippen molar-refractivity contribution in [2.45, 2.75) is 13.0 Å². The number of aromatic nitrogens is 1. The highest BCUT2D eigenvalue weighted by atomic mass is 16.1. The molecule has 5 nitrogen and oxygen atoms in total. The molecular weight excluding hydrogens is 288 g/mol. The third kappa shape index (κ3) is 3.94. The molecule has 1 aliphatic heterocycles. The van der Waals surface area contributed by atoms with Crippen LogP contribution in [-0.2, 0) is 4.79 Å². The van der Waals surface area contributed by atoms with Crippen LogP contribution in [0.4, 0.5) is 5.69 Å². The Labute approximate surface area is 136 Å². The second kappa shape index (κ2) is 7.35. The Bertz CT molecular complexity index is 636. The number of carbonyl (C=O) groups is 1. The first-order valence-electron chi connectivity index (χ1n) is 7.96. The quantitative estimate of drug-likeness (QED) is 0.907. The molecule has 23 heavy (non-hydrogen) atoms. The van der Waals surface area contributed by atoms with Gasteiger partial charge in [0.25, 0.3) is 0 Å².